The molecule has 0 aliphatic heterocycles. The van der Waals surface area contributed by atoms with E-state index < -0.39 is 27.0 Å². The van der Waals surface area contributed by atoms with Gasteiger partial charge in [0.1, 0.15) is 17.6 Å². The first-order chi connectivity index (χ1) is 18.2. The Morgan fingerprint density at radius 2 is 1.47 bits per heavy atom. The minimum atomic E-state index is -3.01. The lowest BCUT2D eigenvalue weighted by molar-refractivity contribution is -0.147. The van der Waals surface area contributed by atoms with Crippen LogP contribution < -0.4 is 14.8 Å². The number of esters is 1. The molecule has 5 nitrogen and oxygen atoms in total. The number of carbonyl (C=O) groups is 1. The van der Waals surface area contributed by atoms with Gasteiger partial charge in [-0.05, 0) is 40.4 Å². The summed E-state index contributed by atoms with van der Waals surface area (Å²) >= 11 is 0. The van der Waals surface area contributed by atoms with Crippen molar-refractivity contribution in [2.24, 2.45) is 0 Å². The van der Waals surface area contributed by atoms with Gasteiger partial charge in [0, 0.05) is 18.1 Å². The van der Waals surface area contributed by atoms with Crippen molar-refractivity contribution in [3.63, 3.8) is 0 Å². The molecule has 0 bridgehead atoms. The lowest BCUT2D eigenvalue weighted by Gasteiger charge is -2.43. The number of hydrogen-bond donors (Lipinski definition) is 2. The zero-order chi connectivity index (χ0) is 27.8. The first kappa shape index (κ1) is 29.5. The van der Waals surface area contributed by atoms with Crippen molar-refractivity contribution in [3.8, 4) is 11.5 Å². The standard InChI is InChI=1S/C32H42O5Si/c1-6-7-8-15-20-29(36-24(2)34)31-27(23-33)28(35)21-22-30(31)37-38(32(3,4)5,25-16-11-9-12-17-25)26-18-13-10-14-19-26/h9-14,16-19,21-22,29,33,35H,6-8,15,20,23H2,1-5H3. The van der Waals surface area contributed by atoms with Crippen LogP contribution in [-0.4, -0.2) is 24.5 Å². The minimum Gasteiger partial charge on any atom is -0.534 e. The highest BCUT2D eigenvalue weighted by molar-refractivity contribution is 7.00. The molecule has 0 aliphatic carbocycles. The maximum absolute atomic E-state index is 12.2. The number of carbonyl (C=O) groups excluding carboxylic acids is 1. The van der Waals surface area contributed by atoms with Crippen molar-refractivity contribution in [3.05, 3.63) is 83.9 Å². The number of rotatable bonds is 12. The lowest BCUT2D eigenvalue weighted by atomic mass is 9.96. The van der Waals surface area contributed by atoms with Gasteiger partial charge in [0.2, 0.25) is 0 Å². The molecule has 0 spiro atoms. The van der Waals surface area contributed by atoms with Gasteiger partial charge >= 0.3 is 14.3 Å². The molecule has 204 valence electrons. The largest absolute Gasteiger partial charge is 0.534 e. The van der Waals surface area contributed by atoms with Crippen LogP contribution in [0.4, 0.5) is 0 Å². The van der Waals surface area contributed by atoms with Crippen molar-refractivity contribution in [2.45, 2.75) is 84.5 Å². The monoisotopic (exact) mass is 534 g/mol. The Labute approximate surface area is 228 Å². The van der Waals surface area contributed by atoms with E-state index in [1.54, 1.807) is 12.1 Å². The molecule has 0 amide bonds. The van der Waals surface area contributed by atoms with Gasteiger partial charge in [0.15, 0.2) is 0 Å². The molecule has 3 aromatic carbocycles. The Hall–Kier alpha value is -3.09. The van der Waals surface area contributed by atoms with Crippen LogP contribution in [0.15, 0.2) is 72.8 Å². The predicted octanol–water partition coefficient (Wildman–Crippen LogP) is 6.40. The van der Waals surface area contributed by atoms with Gasteiger partial charge in [0.05, 0.1) is 6.61 Å². The van der Waals surface area contributed by atoms with Gasteiger partial charge in [-0.3, -0.25) is 4.79 Å². The van der Waals surface area contributed by atoms with E-state index in [2.05, 4.69) is 52.0 Å². The van der Waals surface area contributed by atoms with Crippen molar-refractivity contribution in [1.29, 1.82) is 0 Å². The van der Waals surface area contributed by atoms with Crippen LogP contribution in [0, 0.1) is 0 Å². The number of phenols is 1. The van der Waals surface area contributed by atoms with Crippen LogP contribution in [0.2, 0.25) is 5.04 Å². The van der Waals surface area contributed by atoms with Crippen molar-refractivity contribution < 1.29 is 24.2 Å². The molecule has 0 fully saturated rings. The fraction of sp³-hybridized carbons (Fsp3) is 0.406. The second-order valence-corrected chi connectivity index (χ2v) is 15.1. The summed E-state index contributed by atoms with van der Waals surface area (Å²) in [5, 5.41) is 23.0. The fourth-order valence-electron chi connectivity index (χ4n) is 5.27. The second-order valence-electron chi connectivity index (χ2n) is 10.8. The molecule has 0 heterocycles. The van der Waals surface area contributed by atoms with Crippen LogP contribution in [-0.2, 0) is 16.1 Å². The van der Waals surface area contributed by atoms with Crippen LogP contribution in [0.1, 0.15) is 84.0 Å². The molecule has 0 aromatic heterocycles. The highest BCUT2D eigenvalue weighted by Crippen LogP contribution is 2.43. The van der Waals surface area contributed by atoms with Crippen molar-refractivity contribution in [1.82, 2.24) is 0 Å². The van der Waals surface area contributed by atoms with Crippen LogP contribution in [0.3, 0.4) is 0 Å². The topological polar surface area (TPSA) is 76.0 Å². The van der Waals surface area contributed by atoms with Crippen LogP contribution in [0.25, 0.3) is 0 Å². The number of hydrogen-bond acceptors (Lipinski definition) is 5. The lowest BCUT2D eigenvalue weighted by Crippen LogP contribution is -2.69. The third-order valence-electron chi connectivity index (χ3n) is 7.08. The van der Waals surface area contributed by atoms with Crippen molar-refractivity contribution in [2.75, 3.05) is 0 Å². The summed E-state index contributed by atoms with van der Waals surface area (Å²) in [7, 11) is -3.01. The number of aromatic hydroxyl groups is 1. The number of aliphatic hydroxyl groups excluding tert-OH is 1. The third-order valence-corrected chi connectivity index (χ3v) is 12.0. The quantitative estimate of drug-likeness (QED) is 0.160. The summed E-state index contributed by atoms with van der Waals surface area (Å²) in [5.74, 6) is 0.0834. The number of benzene rings is 3. The normalized spacial score (nSPS) is 12.7. The Morgan fingerprint density at radius 1 is 0.895 bits per heavy atom. The molecule has 0 aliphatic rings. The Kier molecular flexibility index (Phi) is 10.2. The zero-order valence-corrected chi connectivity index (χ0v) is 24.4. The maximum Gasteiger partial charge on any atom is 0.319 e. The minimum absolute atomic E-state index is 0.0389. The zero-order valence-electron chi connectivity index (χ0n) is 23.4. The summed E-state index contributed by atoms with van der Waals surface area (Å²) in [6.07, 6.45) is 3.97. The van der Waals surface area contributed by atoms with Gasteiger partial charge in [-0.2, -0.15) is 0 Å². The molecule has 1 unspecified atom stereocenters. The summed E-state index contributed by atoms with van der Waals surface area (Å²) < 4.78 is 13.1. The first-order valence-electron chi connectivity index (χ1n) is 13.6. The van der Waals surface area contributed by atoms with E-state index in [1.165, 1.54) is 6.92 Å². The predicted molar refractivity (Wildman–Crippen MR) is 156 cm³/mol. The number of ether oxygens (including phenoxy) is 1. The number of aliphatic hydroxyl groups is 1. The maximum atomic E-state index is 12.2. The molecule has 0 radical (unpaired) electrons. The third kappa shape index (κ3) is 6.48. The van der Waals surface area contributed by atoms with E-state index in [1.807, 2.05) is 36.4 Å². The van der Waals surface area contributed by atoms with Gasteiger partial charge < -0.3 is 19.4 Å². The molecule has 0 saturated heterocycles. The molecular formula is C32H42O5Si. The van der Waals surface area contributed by atoms with Gasteiger partial charge in [-0.25, -0.2) is 0 Å². The average molecular weight is 535 g/mol. The first-order valence-corrected chi connectivity index (χ1v) is 15.5. The molecule has 0 saturated carbocycles. The highest BCUT2D eigenvalue weighted by atomic mass is 28.4. The second kappa shape index (κ2) is 13.1. The van der Waals surface area contributed by atoms with E-state index in [4.69, 9.17) is 9.16 Å². The van der Waals surface area contributed by atoms with E-state index in [0.717, 1.165) is 36.1 Å². The van der Waals surface area contributed by atoms with Crippen LogP contribution in [0.5, 0.6) is 11.5 Å². The molecule has 6 heteroatoms. The van der Waals surface area contributed by atoms with E-state index in [-0.39, 0.29) is 10.8 Å². The average Bonchev–Trinajstić information content (AvgIpc) is 2.89. The Morgan fingerprint density at radius 3 is 1.95 bits per heavy atom. The molecule has 3 rings (SSSR count). The molecule has 2 N–H and O–H groups in total. The Bertz CT molecular complexity index is 1130. The highest BCUT2D eigenvalue weighted by Gasteiger charge is 2.52. The van der Waals surface area contributed by atoms with Crippen molar-refractivity contribution >= 4 is 24.7 Å². The SMILES string of the molecule is CCCCCCC(OC(C)=O)c1c(O[Si](c2ccccc2)(c2ccccc2)C(C)(C)C)ccc(O)c1CO. The molecule has 1 atom stereocenters. The van der Waals surface area contributed by atoms with Crippen LogP contribution >= 0.6 is 0 Å². The van der Waals surface area contributed by atoms with E-state index in [0.29, 0.717) is 23.3 Å². The summed E-state index contributed by atoms with van der Waals surface area (Å²) in [6, 6.07) is 23.9. The number of unbranched alkanes of at least 4 members (excludes halogenated alkanes) is 3. The molecule has 3 aromatic rings. The van der Waals surface area contributed by atoms with Gasteiger partial charge in [-0.15, -0.1) is 0 Å². The molecule has 38 heavy (non-hydrogen) atoms. The van der Waals surface area contributed by atoms with E-state index in [9.17, 15) is 15.0 Å². The Balaban J connectivity index is 2.27. The van der Waals surface area contributed by atoms with E-state index >= 15 is 0 Å². The summed E-state index contributed by atoms with van der Waals surface area (Å²) in [5.41, 5.74) is 0.884. The smallest absolute Gasteiger partial charge is 0.319 e. The molecular weight excluding hydrogens is 492 g/mol. The fourth-order valence-corrected chi connectivity index (χ4v) is 9.71. The summed E-state index contributed by atoms with van der Waals surface area (Å²) in [4.78, 5) is 12.2. The van der Waals surface area contributed by atoms with Gasteiger partial charge in [0.25, 0.3) is 0 Å². The summed E-state index contributed by atoms with van der Waals surface area (Å²) in [6.45, 7) is 9.73. The van der Waals surface area contributed by atoms with Gasteiger partial charge in [-0.1, -0.05) is 108 Å².